The minimum atomic E-state index is -0.488. The van der Waals surface area contributed by atoms with Gasteiger partial charge in [-0.05, 0) is 57.4 Å². The molecule has 1 amide bonds. The van der Waals surface area contributed by atoms with Crippen LogP contribution < -0.4 is 10.1 Å². The Balaban J connectivity index is 1.77. The molecule has 0 aromatic heterocycles. The molecule has 2 aliphatic heterocycles. The van der Waals surface area contributed by atoms with Crippen LogP contribution in [0.4, 0.5) is 4.79 Å². The van der Waals surface area contributed by atoms with Gasteiger partial charge in [0, 0.05) is 25.6 Å². The summed E-state index contributed by atoms with van der Waals surface area (Å²) in [4.78, 5) is 14.6. The summed E-state index contributed by atoms with van der Waals surface area (Å²) in [5, 5.41) is 3.39. The second kappa shape index (κ2) is 7.01. The Labute approximate surface area is 144 Å². The van der Waals surface area contributed by atoms with Gasteiger partial charge in [0.15, 0.2) is 0 Å². The molecule has 0 spiro atoms. The maximum absolute atomic E-state index is 12.7. The predicted octanol–water partition coefficient (Wildman–Crippen LogP) is 3.11. The van der Waals surface area contributed by atoms with Crippen molar-refractivity contribution < 1.29 is 14.3 Å². The van der Waals surface area contributed by atoms with Crippen molar-refractivity contribution in [2.45, 2.75) is 58.2 Å². The van der Waals surface area contributed by atoms with Crippen LogP contribution in [0.3, 0.4) is 0 Å². The Kier molecular flexibility index (Phi) is 4.99. The van der Waals surface area contributed by atoms with Gasteiger partial charge in [-0.3, -0.25) is 4.90 Å². The first-order chi connectivity index (χ1) is 11.4. The van der Waals surface area contributed by atoms with Crippen LogP contribution in [-0.2, 0) is 17.7 Å². The van der Waals surface area contributed by atoms with Gasteiger partial charge in [-0.15, -0.1) is 0 Å². The van der Waals surface area contributed by atoms with Crippen molar-refractivity contribution in [3.05, 3.63) is 29.3 Å². The van der Waals surface area contributed by atoms with Crippen molar-refractivity contribution in [1.82, 2.24) is 10.2 Å². The van der Waals surface area contributed by atoms with Gasteiger partial charge in [0.1, 0.15) is 11.4 Å². The average Bonchev–Trinajstić information content (AvgIpc) is 2.99. The van der Waals surface area contributed by atoms with Crippen molar-refractivity contribution in [3.63, 3.8) is 0 Å². The molecular formula is C19H28N2O3. The zero-order chi connectivity index (χ0) is 17.2. The molecule has 0 radical (unpaired) electrons. The molecule has 0 unspecified atom stereocenters. The molecule has 1 atom stereocenters. The second-order valence-electron chi connectivity index (χ2n) is 7.65. The van der Waals surface area contributed by atoms with E-state index < -0.39 is 5.60 Å². The highest BCUT2D eigenvalue weighted by Gasteiger charge is 2.29. The van der Waals surface area contributed by atoms with Crippen LogP contribution in [0.5, 0.6) is 5.75 Å². The van der Waals surface area contributed by atoms with Gasteiger partial charge in [-0.25, -0.2) is 4.79 Å². The summed E-state index contributed by atoms with van der Waals surface area (Å²) < 4.78 is 11.3. The summed E-state index contributed by atoms with van der Waals surface area (Å²) in [6.45, 7) is 8.87. The molecule has 24 heavy (non-hydrogen) atoms. The third-order valence-corrected chi connectivity index (χ3v) is 4.45. The zero-order valence-electron chi connectivity index (χ0n) is 14.9. The highest BCUT2D eigenvalue weighted by atomic mass is 16.6. The monoisotopic (exact) mass is 332 g/mol. The molecule has 0 aliphatic carbocycles. The summed E-state index contributed by atoms with van der Waals surface area (Å²) in [6, 6.07) is 6.45. The first kappa shape index (κ1) is 17.1. The van der Waals surface area contributed by atoms with Gasteiger partial charge < -0.3 is 14.8 Å². The van der Waals surface area contributed by atoms with Crippen molar-refractivity contribution in [2.24, 2.45) is 0 Å². The summed E-state index contributed by atoms with van der Waals surface area (Å²) in [6.07, 6.45) is 2.82. The van der Waals surface area contributed by atoms with Gasteiger partial charge in [-0.1, -0.05) is 12.1 Å². The number of ether oxygens (including phenoxy) is 2. The van der Waals surface area contributed by atoms with E-state index in [4.69, 9.17) is 9.47 Å². The lowest BCUT2D eigenvalue weighted by molar-refractivity contribution is 0.0114. The average molecular weight is 332 g/mol. The van der Waals surface area contributed by atoms with E-state index in [0.29, 0.717) is 6.54 Å². The molecule has 1 fully saturated rings. The molecule has 3 rings (SSSR count). The maximum Gasteiger partial charge on any atom is 0.410 e. The van der Waals surface area contributed by atoms with Gasteiger partial charge in [-0.2, -0.15) is 0 Å². The number of carbonyl (C=O) groups excluding carboxylic acids is 1. The SMILES string of the molecule is CC(C)(C)OC(=O)N(Cc1ccc2c(c1)OCC2)[C@@H]1CCCNC1. The smallest absolute Gasteiger partial charge is 0.410 e. The number of rotatable bonds is 3. The first-order valence-electron chi connectivity index (χ1n) is 8.87. The van der Waals surface area contributed by atoms with Crippen LogP contribution in [0.15, 0.2) is 18.2 Å². The van der Waals surface area contributed by atoms with Crippen LogP contribution in [0.1, 0.15) is 44.7 Å². The minimum Gasteiger partial charge on any atom is -0.493 e. The number of nitrogens with zero attached hydrogens (tertiary/aromatic N) is 1. The van der Waals surface area contributed by atoms with E-state index in [-0.39, 0.29) is 12.1 Å². The largest absolute Gasteiger partial charge is 0.493 e. The van der Waals surface area contributed by atoms with Gasteiger partial charge in [0.2, 0.25) is 0 Å². The molecule has 1 N–H and O–H groups in total. The van der Waals surface area contributed by atoms with E-state index in [9.17, 15) is 4.79 Å². The number of piperidine rings is 1. The van der Waals surface area contributed by atoms with Crippen LogP contribution in [-0.4, -0.2) is 42.3 Å². The molecule has 2 heterocycles. The van der Waals surface area contributed by atoms with Crippen LogP contribution in [0.25, 0.3) is 0 Å². The van der Waals surface area contributed by atoms with Crippen molar-refractivity contribution in [2.75, 3.05) is 19.7 Å². The number of nitrogens with one attached hydrogen (secondary N) is 1. The summed E-state index contributed by atoms with van der Waals surface area (Å²) in [7, 11) is 0. The molecule has 0 saturated carbocycles. The topological polar surface area (TPSA) is 50.8 Å². The number of amides is 1. The minimum absolute atomic E-state index is 0.169. The Bertz CT molecular complexity index is 589. The molecule has 132 valence electrons. The first-order valence-corrected chi connectivity index (χ1v) is 8.87. The highest BCUT2D eigenvalue weighted by Crippen LogP contribution is 2.27. The van der Waals surface area contributed by atoms with Crippen molar-refractivity contribution in [3.8, 4) is 5.75 Å². The Morgan fingerprint density at radius 1 is 1.42 bits per heavy atom. The fourth-order valence-corrected chi connectivity index (χ4v) is 3.27. The normalized spacial score (nSPS) is 20.2. The predicted molar refractivity (Wildman–Crippen MR) is 93.3 cm³/mol. The number of hydrogen-bond acceptors (Lipinski definition) is 4. The lowest BCUT2D eigenvalue weighted by Gasteiger charge is -2.36. The Hall–Kier alpha value is -1.75. The summed E-state index contributed by atoms with van der Waals surface area (Å²) >= 11 is 0. The molecule has 5 nitrogen and oxygen atoms in total. The molecule has 5 heteroatoms. The van der Waals surface area contributed by atoms with E-state index in [1.54, 1.807) is 0 Å². The molecule has 1 aromatic rings. The van der Waals surface area contributed by atoms with E-state index in [1.165, 1.54) is 5.56 Å². The Morgan fingerprint density at radius 2 is 2.25 bits per heavy atom. The van der Waals surface area contributed by atoms with E-state index in [1.807, 2.05) is 25.7 Å². The number of fused-ring (bicyclic) bond motifs is 1. The standard InChI is InChI=1S/C19H28N2O3/c1-19(2,3)24-18(22)21(16-5-4-9-20-12-16)13-14-6-7-15-8-10-23-17(15)11-14/h6-7,11,16,20H,4-5,8-10,12-13H2,1-3H3/t16-/m1/s1. The maximum atomic E-state index is 12.7. The third kappa shape index (κ3) is 4.20. The van der Waals surface area contributed by atoms with Gasteiger partial charge in [0.05, 0.1) is 6.61 Å². The fraction of sp³-hybridized carbons (Fsp3) is 0.632. The number of hydrogen-bond donors (Lipinski definition) is 1. The van der Waals surface area contributed by atoms with Crippen LogP contribution in [0, 0.1) is 0 Å². The summed E-state index contributed by atoms with van der Waals surface area (Å²) in [5.74, 6) is 0.957. The van der Waals surface area contributed by atoms with Crippen LogP contribution >= 0.6 is 0 Å². The van der Waals surface area contributed by atoms with E-state index in [0.717, 1.165) is 50.3 Å². The number of carbonyl (C=O) groups is 1. The lowest BCUT2D eigenvalue weighted by Crippen LogP contribution is -2.49. The molecule has 1 aromatic carbocycles. The van der Waals surface area contributed by atoms with Crippen molar-refractivity contribution >= 4 is 6.09 Å². The zero-order valence-corrected chi connectivity index (χ0v) is 14.9. The van der Waals surface area contributed by atoms with E-state index in [2.05, 4.69) is 23.5 Å². The number of benzene rings is 1. The third-order valence-electron chi connectivity index (χ3n) is 4.45. The van der Waals surface area contributed by atoms with Gasteiger partial charge >= 0.3 is 6.09 Å². The molecule has 1 saturated heterocycles. The van der Waals surface area contributed by atoms with Crippen molar-refractivity contribution in [1.29, 1.82) is 0 Å². The highest BCUT2D eigenvalue weighted by molar-refractivity contribution is 5.68. The fourth-order valence-electron chi connectivity index (χ4n) is 3.27. The molecular weight excluding hydrogens is 304 g/mol. The molecule has 0 bridgehead atoms. The Morgan fingerprint density at radius 3 is 2.96 bits per heavy atom. The lowest BCUT2D eigenvalue weighted by atomic mass is 10.0. The quantitative estimate of drug-likeness (QED) is 0.924. The summed E-state index contributed by atoms with van der Waals surface area (Å²) in [5.41, 5.74) is 1.85. The van der Waals surface area contributed by atoms with Crippen LogP contribution in [0.2, 0.25) is 0 Å². The van der Waals surface area contributed by atoms with Gasteiger partial charge in [0.25, 0.3) is 0 Å². The van der Waals surface area contributed by atoms with E-state index >= 15 is 0 Å². The second-order valence-corrected chi connectivity index (χ2v) is 7.65. The molecule has 2 aliphatic rings.